The van der Waals surface area contributed by atoms with E-state index in [1.54, 1.807) is 0 Å². The lowest BCUT2D eigenvalue weighted by Gasteiger charge is -2.68. The molecular weight excluding hydrogens is 124 g/mol. The number of rotatable bonds is 3. The molecule has 1 N–H and O–H groups in total. The Morgan fingerprint density at radius 3 is 2.30 bits per heavy atom. The predicted octanol–water partition coefficient (Wildman–Crippen LogP) is 2.09. The van der Waals surface area contributed by atoms with Crippen molar-refractivity contribution >= 4 is 0 Å². The first kappa shape index (κ1) is 6.66. The highest BCUT2D eigenvalue weighted by Crippen LogP contribution is 2.69. The molecule has 3 rings (SSSR count). The molecule has 58 valence electrons. The summed E-state index contributed by atoms with van der Waals surface area (Å²) in [5, 5.41) is 9.44. The Bertz CT molecular complexity index is 131. The molecule has 3 aliphatic carbocycles. The zero-order valence-electron chi connectivity index (χ0n) is 6.69. The van der Waals surface area contributed by atoms with E-state index in [1.807, 2.05) is 0 Å². The van der Waals surface area contributed by atoms with Crippen LogP contribution in [0.15, 0.2) is 0 Å². The third-order valence-corrected chi connectivity index (χ3v) is 3.17. The standard InChI is InChI=1S/C9H16O/c1-2-3-4-8-5-9(10,6-8)7-8/h10H,2-7H2,1H3. The molecule has 0 atom stereocenters. The summed E-state index contributed by atoms with van der Waals surface area (Å²) in [5.74, 6) is 0. The summed E-state index contributed by atoms with van der Waals surface area (Å²) < 4.78 is 0. The molecule has 10 heavy (non-hydrogen) atoms. The lowest BCUT2D eigenvalue weighted by atomic mass is 9.40. The van der Waals surface area contributed by atoms with Gasteiger partial charge in [0.15, 0.2) is 0 Å². The van der Waals surface area contributed by atoms with Crippen LogP contribution < -0.4 is 0 Å². The first-order chi connectivity index (χ1) is 4.68. The van der Waals surface area contributed by atoms with Crippen LogP contribution in [-0.2, 0) is 0 Å². The Balaban J connectivity index is 1.77. The molecule has 0 saturated heterocycles. The first-order valence-electron chi connectivity index (χ1n) is 4.41. The quantitative estimate of drug-likeness (QED) is 0.636. The van der Waals surface area contributed by atoms with Gasteiger partial charge in [0.1, 0.15) is 0 Å². The van der Waals surface area contributed by atoms with Gasteiger partial charge in [-0.3, -0.25) is 0 Å². The highest BCUT2D eigenvalue weighted by atomic mass is 16.3. The second-order valence-electron chi connectivity index (χ2n) is 4.36. The minimum Gasteiger partial charge on any atom is -0.390 e. The topological polar surface area (TPSA) is 20.2 Å². The van der Waals surface area contributed by atoms with Crippen LogP contribution in [0, 0.1) is 5.41 Å². The minimum absolute atomic E-state index is 0.173. The summed E-state index contributed by atoms with van der Waals surface area (Å²) >= 11 is 0. The van der Waals surface area contributed by atoms with Crippen molar-refractivity contribution in [3.63, 3.8) is 0 Å². The molecule has 0 aromatic heterocycles. The van der Waals surface area contributed by atoms with Gasteiger partial charge < -0.3 is 5.11 Å². The van der Waals surface area contributed by atoms with Gasteiger partial charge in [-0.25, -0.2) is 0 Å². The molecule has 0 aromatic rings. The van der Waals surface area contributed by atoms with Gasteiger partial charge in [-0.1, -0.05) is 19.8 Å². The molecule has 0 heterocycles. The van der Waals surface area contributed by atoms with Crippen molar-refractivity contribution in [3.05, 3.63) is 0 Å². The summed E-state index contributed by atoms with van der Waals surface area (Å²) in [7, 11) is 0. The maximum atomic E-state index is 9.44. The van der Waals surface area contributed by atoms with Crippen LogP contribution in [0.1, 0.15) is 45.4 Å². The zero-order chi connectivity index (χ0) is 7.24. The maximum Gasteiger partial charge on any atom is 0.0663 e. The molecule has 3 aliphatic rings. The van der Waals surface area contributed by atoms with Crippen LogP contribution in [0.25, 0.3) is 0 Å². The average Bonchev–Trinajstić information content (AvgIpc) is 1.75. The Morgan fingerprint density at radius 2 is 1.90 bits per heavy atom. The van der Waals surface area contributed by atoms with E-state index in [1.165, 1.54) is 19.3 Å². The van der Waals surface area contributed by atoms with Gasteiger partial charge in [-0.05, 0) is 31.1 Å². The zero-order valence-corrected chi connectivity index (χ0v) is 6.69. The molecule has 0 aromatic carbocycles. The third kappa shape index (κ3) is 0.731. The molecule has 0 unspecified atom stereocenters. The second kappa shape index (κ2) is 1.76. The van der Waals surface area contributed by atoms with Crippen LogP contribution in [0.3, 0.4) is 0 Å². The van der Waals surface area contributed by atoms with Crippen LogP contribution in [0.2, 0.25) is 0 Å². The second-order valence-corrected chi connectivity index (χ2v) is 4.36. The summed E-state index contributed by atoms with van der Waals surface area (Å²) in [6.07, 6.45) is 7.36. The third-order valence-electron chi connectivity index (χ3n) is 3.17. The molecule has 3 fully saturated rings. The molecule has 1 nitrogen and oxygen atoms in total. The van der Waals surface area contributed by atoms with E-state index in [0.717, 1.165) is 19.3 Å². The smallest absolute Gasteiger partial charge is 0.0663 e. The van der Waals surface area contributed by atoms with E-state index in [4.69, 9.17) is 0 Å². The molecule has 1 heteroatoms. The number of hydrogen-bond donors (Lipinski definition) is 1. The van der Waals surface area contributed by atoms with Crippen molar-refractivity contribution < 1.29 is 5.11 Å². The molecule has 0 amide bonds. The minimum atomic E-state index is -0.173. The number of unbranched alkanes of at least 4 members (excludes halogenated alkanes) is 1. The van der Waals surface area contributed by atoms with Crippen molar-refractivity contribution in [2.45, 2.75) is 51.0 Å². The highest BCUT2D eigenvalue weighted by Gasteiger charge is 2.66. The Hall–Kier alpha value is -0.0400. The molecular formula is C9H16O. The van der Waals surface area contributed by atoms with E-state index in [-0.39, 0.29) is 5.60 Å². The van der Waals surface area contributed by atoms with Crippen LogP contribution in [0.4, 0.5) is 0 Å². The van der Waals surface area contributed by atoms with E-state index < -0.39 is 0 Å². The summed E-state index contributed by atoms with van der Waals surface area (Å²) in [6.45, 7) is 2.24. The molecule has 0 spiro atoms. The fourth-order valence-corrected chi connectivity index (χ4v) is 2.76. The van der Waals surface area contributed by atoms with Gasteiger partial charge in [0, 0.05) is 0 Å². The van der Waals surface area contributed by atoms with Gasteiger partial charge in [0.2, 0.25) is 0 Å². The van der Waals surface area contributed by atoms with Gasteiger partial charge in [-0.2, -0.15) is 0 Å². The molecule has 3 saturated carbocycles. The normalized spacial score (nSPS) is 49.8. The van der Waals surface area contributed by atoms with Gasteiger partial charge in [0.25, 0.3) is 0 Å². The van der Waals surface area contributed by atoms with Gasteiger partial charge in [0.05, 0.1) is 5.60 Å². The van der Waals surface area contributed by atoms with Crippen molar-refractivity contribution in [3.8, 4) is 0 Å². The summed E-state index contributed by atoms with van der Waals surface area (Å²) in [5.41, 5.74) is 0.457. The Morgan fingerprint density at radius 1 is 1.30 bits per heavy atom. The van der Waals surface area contributed by atoms with Gasteiger partial charge >= 0.3 is 0 Å². The van der Waals surface area contributed by atoms with E-state index >= 15 is 0 Å². The van der Waals surface area contributed by atoms with Crippen LogP contribution in [-0.4, -0.2) is 10.7 Å². The fraction of sp³-hybridized carbons (Fsp3) is 1.00. The Kier molecular flexibility index (Phi) is 1.17. The summed E-state index contributed by atoms with van der Waals surface area (Å²) in [6, 6.07) is 0. The van der Waals surface area contributed by atoms with E-state index in [2.05, 4.69) is 6.92 Å². The molecule has 0 radical (unpaired) electrons. The van der Waals surface area contributed by atoms with Gasteiger partial charge in [-0.15, -0.1) is 0 Å². The highest BCUT2D eigenvalue weighted by molar-refractivity contribution is 5.17. The van der Waals surface area contributed by atoms with Crippen molar-refractivity contribution in [2.75, 3.05) is 0 Å². The largest absolute Gasteiger partial charge is 0.390 e. The van der Waals surface area contributed by atoms with Crippen molar-refractivity contribution in [1.29, 1.82) is 0 Å². The van der Waals surface area contributed by atoms with Crippen LogP contribution >= 0.6 is 0 Å². The summed E-state index contributed by atoms with van der Waals surface area (Å²) in [4.78, 5) is 0. The Labute approximate surface area is 62.4 Å². The number of hydrogen-bond acceptors (Lipinski definition) is 1. The lowest BCUT2D eigenvalue weighted by Crippen LogP contribution is -2.66. The van der Waals surface area contributed by atoms with Crippen molar-refractivity contribution in [1.82, 2.24) is 0 Å². The van der Waals surface area contributed by atoms with Crippen molar-refractivity contribution in [2.24, 2.45) is 5.41 Å². The predicted molar refractivity (Wildman–Crippen MR) is 40.8 cm³/mol. The lowest BCUT2D eigenvalue weighted by molar-refractivity contribution is -0.262. The van der Waals surface area contributed by atoms with E-state index in [0.29, 0.717) is 5.41 Å². The SMILES string of the molecule is CCCCC12CC(O)(C1)C2. The molecule has 0 aliphatic heterocycles. The average molecular weight is 140 g/mol. The van der Waals surface area contributed by atoms with Crippen LogP contribution in [0.5, 0.6) is 0 Å². The molecule has 2 bridgehead atoms. The fourth-order valence-electron chi connectivity index (χ4n) is 2.76. The first-order valence-corrected chi connectivity index (χ1v) is 4.41. The maximum absolute atomic E-state index is 9.44. The number of aliphatic hydroxyl groups is 1. The monoisotopic (exact) mass is 140 g/mol. The van der Waals surface area contributed by atoms with E-state index in [9.17, 15) is 5.11 Å².